The zero-order chi connectivity index (χ0) is 17.0. The smallest absolute Gasteiger partial charge is 0.355 e. The first kappa shape index (κ1) is 18.2. The van der Waals surface area contributed by atoms with Crippen LogP contribution < -0.4 is 5.32 Å². The maximum absolute atomic E-state index is 12.1. The van der Waals surface area contributed by atoms with E-state index in [2.05, 4.69) is 10.3 Å². The normalized spacial score (nSPS) is 13.8. The number of amides is 1. The average molecular weight is 310 g/mol. The number of aliphatic hydroxyl groups is 1. The third kappa shape index (κ3) is 4.34. The molecule has 1 heterocycles. The highest BCUT2D eigenvalue weighted by molar-refractivity contribution is 5.91. The number of ether oxygens (including phenoxy) is 1. The van der Waals surface area contributed by atoms with E-state index in [-0.39, 0.29) is 24.2 Å². The molecule has 0 aliphatic rings. The number of carbonyl (C=O) groups is 2. The van der Waals surface area contributed by atoms with E-state index in [9.17, 15) is 14.7 Å². The topological polar surface area (TPSA) is 91.4 Å². The second-order valence-corrected chi connectivity index (χ2v) is 6.02. The first-order chi connectivity index (χ1) is 10.1. The van der Waals surface area contributed by atoms with Crippen LogP contribution in [0.1, 0.15) is 61.1 Å². The Labute approximate surface area is 131 Å². The number of rotatable bonds is 6. The van der Waals surface area contributed by atoms with Crippen LogP contribution in [0.3, 0.4) is 0 Å². The van der Waals surface area contributed by atoms with Crippen molar-refractivity contribution in [2.24, 2.45) is 5.92 Å². The molecule has 0 aliphatic heterocycles. The number of aromatic nitrogens is 1. The van der Waals surface area contributed by atoms with Crippen LogP contribution in [-0.4, -0.2) is 34.6 Å². The van der Waals surface area contributed by atoms with Crippen molar-refractivity contribution >= 4 is 11.9 Å². The van der Waals surface area contributed by atoms with Crippen molar-refractivity contribution in [3.05, 3.63) is 22.5 Å². The summed E-state index contributed by atoms with van der Waals surface area (Å²) in [4.78, 5) is 26.7. The van der Waals surface area contributed by atoms with Gasteiger partial charge in [-0.1, -0.05) is 13.8 Å². The van der Waals surface area contributed by atoms with Gasteiger partial charge < -0.3 is 20.1 Å². The van der Waals surface area contributed by atoms with E-state index in [0.29, 0.717) is 17.0 Å². The molecule has 1 amide bonds. The Kier molecular flexibility index (Phi) is 6.17. The molecule has 0 bridgehead atoms. The van der Waals surface area contributed by atoms with Crippen molar-refractivity contribution in [2.75, 3.05) is 6.61 Å². The summed E-state index contributed by atoms with van der Waals surface area (Å²) in [5.74, 6) is -0.618. The molecule has 124 valence electrons. The summed E-state index contributed by atoms with van der Waals surface area (Å²) in [6.45, 7) is 10.7. The third-order valence-corrected chi connectivity index (χ3v) is 3.84. The molecule has 0 radical (unpaired) electrons. The van der Waals surface area contributed by atoms with Crippen LogP contribution in [0.5, 0.6) is 0 Å². The van der Waals surface area contributed by atoms with E-state index in [1.807, 2.05) is 20.8 Å². The molecule has 1 aromatic rings. The molecule has 0 aromatic carbocycles. The molecule has 0 spiro atoms. The van der Waals surface area contributed by atoms with E-state index in [4.69, 9.17) is 4.74 Å². The van der Waals surface area contributed by atoms with Crippen LogP contribution in [0.2, 0.25) is 0 Å². The zero-order valence-electron chi connectivity index (χ0n) is 14.1. The van der Waals surface area contributed by atoms with Gasteiger partial charge in [0, 0.05) is 17.3 Å². The van der Waals surface area contributed by atoms with Crippen LogP contribution in [0.4, 0.5) is 0 Å². The van der Waals surface area contributed by atoms with Crippen LogP contribution >= 0.6 is 0 Å². The fraction of sp³-hybridized carbons (Fsp3) is 0.625. The minimum Gasteiger partial charge on any atom is -0.451 e. The summed E-state index contributed by atoms with van der Waals surface area (Å²) in [5.41, 5.74) is 2.33. The zero-order valence-corrected chi connectivity index (χ0v) is 14.1. The number of nitrogens with one attached hydrogen (secondary N) is 2. The molecule has 3 N–H and O–H groups in total. The molecule has 0 unspecified atom stereocenters. The Morgan fingerprint density at radius 1 is 1.23 bits per heavy atom. The predicted molar refractivity (Wildman–Crippen MR) is 83.6 cm³/mol. The molecule has 0 saturated carbocycles. The van der Waals surface area contributed by atoms with Crippen LogP contribution in [-0.2, 0) is 9.53 Å². The van der Waals surface area contributed by atoms with Crippen molar-refractivity contribution in [3.63, 3.8) is 0 Å². The van der Waals surface area contributed by atoms with Crippen LogP contribution in [0.25, 0.3) is 0 Å². The second-order valence-electron chi connectivity index (χ2n) is 6.02. The summed E-state index contributed by atoms with van der Waals surface area (Å²) in [6, 6.07) is 0.0162. The minimum absolute atomic E-state index is 0.0162. The van der Waals surface area contributed by atoms with Gasteiger partial charge in [-0.05, 0) is 39.2 Å². The molecule has 0 aliphatic carbocycles. The molecular weight excluding hydrogens is 284 g/mol. The van der Waals surface area contributed by atoms with Gasteiger partial charge in [-0.2, -0.15) is 0 Å². The van der Waals surface area contributed by atoms with Crippen molar-refractivity contribution < 1.29 is 19.4 Å². The summed E-state index contributed by atoms with van der Waals surface area (Å²) in [6.07, 6.45) is -0.673. The van der Waals surface area contributed by atoms with Crippen molar-refractivity contribution in [1.82, 2.24) is 10.3 Å². The highest BCUT2D eigenvalue weighted by Gasteiger charge is 2.21. The average Bonchev–Trinajstić information content (AvgIpc) is 2.71. The number of aliphatic hydroxyl groups excluding tert-OH is 1. The SMILES string of the molecule is Cc1[nH]c(C(=O)OCC(=O)N[C@@H](C)C(C)C)c(C)c1[C@H](C)O. The molecular formula is C16H26N2O4. The highest BCUT2D eigenvalue weighted by Crippen LogP contribution is 2.24. The minimum atomic E-state index is -0.673. The van der Waals surface area contributed by atoms with Gasteiger partial charge in [0.2, 0.25) is 0 Å². The van der Waals surface area contributed by atoms with Crippen LogP contribution in [0, 0.1) is 19.8 Å². The number of H-pyrrole nitrogens is 1. The van der Waals surface area contributed by atoms with Gasteiger partial charge in [0.15, 0.2) is 6.61 Å². The number of carbonyl (C=O) groups excluding carboxylic acids is 2. The van der Waals surface area contributed by atoms with Gasteiger partial charge in [0.1, 0.15) is 5.69 Å². The Hall–Kier alpha value is -1.82. The molecule has 22 heavy (non-hydrogen) atoms. The van der Waals surface area contributed by atoms with E-state index >= 15 is 0 Å². The molecule has 1 aromatic heterocycles. The largest absolute Gasteiger partial charge is 0.451 e. The number of hydrogen-bond donors (Lipinski definition) is 3. The third-order valence-electron chi connectivity index (χ3n) is 3.84. The predicted octanol–water partition coefficient (Wildman–Crippen LogP) is 2.00. The molecule has 6 heteroatoms. The van der Waals surface area contributed by atoms with E-state index < -0.39 is 12.1 Å². The standard InChI is InChI=1S/C16H26N2O4/c1-8(2)10(4)17-13(20)7-22-16(21)15-9(3)14(12(6)19)11(5)18-15/h8,10,12,18-19H,7H2,1-6H3,(H,17,20)/t10-,12-/m0/s1. The van der Waals surface area contributed by atoms with E-state index in [1.165, 1.54) is 0 Å². The number of esters is 1. The van der Waals surface area contributed by atoms with E-state index in [0.717, 1.165) is 5.69 Å². The lowest BCUT2D eigenvalue weighted by Crippen LogP contribution is -2.38. The van der Waals surface area contributed by atoms with Crippen molar-refractivity contribution in [3.8, 4) is 0 Å². The highest BCUT2D eigenvalue weighted by atomic mass is 16.5. The molecule has 0 saturated heterocycles. The number of hydrogen-bond acceptors (Lipinski definition) is 4. The first-order valence-electron chi connectivity index (χ1n) is 7.48. The number of aromatic amines is 1. The summed E-state index contributed by atoms with van der Waals surface area (Å²) < 4.78 is 5.04. The molecule has 1 rings (SSSR count). The summed E-state index contributed by atoms with van der Waals surface area (Å²) >= 11 is 0. The summed E-state index contributed by atoms with van der Waals surface area (Å²) in [7, 11) is 0. The molecule has 0 fully saturated rings. The molecule has 6 nitrogen and oxygen atoms in total. The lowest BCUT2D eigenvalue weighted by Gasteiger charge is -2.17. The molecule has 2 atom stereocenters. The summed E-state index contributed by atoms with van der Waals surface area (Å²) in [5, 5.41) is 12.5. The Morgan fingerprint density at radius 2 is 1.82 bits per heavy atom. The second kappa shape index (κ2) is 7.45. The van der Waals surface area contributed by atoms with Gasteiger partial charge in [0.05, 0.1) is 6.10 Å². The quantitative estimate of drug-likeness (QED) is 0.701. The van der Waals surface area contributed by atoms with Gasteiger partial charge in [-0.25, -0.2) is 4.79 Å². The van der Waals surface area contributed by atoms with Crippen LogP contribution in [0.15, 0.2) is 0 Å². The van der Waals surface area contributed by atoms with Crippen molar-refractivity contribution in [2.45, 2.75) is 53.7 Å². The maximum atomic E-state index is 12.1. The monoisotopic (exact) mass is 310 g/mol. The Bertz CT molecular complexity index is 547. The van der Waals surface area contributed by atoms with E-state index in [1.54, 1.807) is 20.8 Å². The fourth-order valence-electron chi connectivity index (χ4n) is 2.26. The Balaban J connectivity index is 2.67. The van der Waals surface area contributed by atoms with Crippen molar-refractivity contribution in [1.29, 1.82) is 0 Å². The maximum Gasteiger partial charge on any atom is 0.355 e. The van der Waals surface area contributed by atoms with Gasteiger partial charge in [0.25, 0.3) is 5.91 Å². The lowest BCUT2D eigenvalue weighted by molar-refractivity contribution is -0.125. The fourth-order valence-corrected chi connectivity index (χ4v) is 2.26. The van der Waals surface area contributed by atoms with Gasteiger partial charge in [-0.15, -0.1) is 0 Å². The van der Waals surface area contributed by atoms with Gasteiger partial charge in [-0.3, -0.25) is 4.79 Å². The van der Waals surface area contributed by atoms with Gasteiger partial charge >= 0.3 is 5.97 Å². The first-order valence-corrected chi connectivity index (χ1v) is 7.48. The lowest BCUT2D eigenvalue weighted by atomic mass is 10.1. The Morgan fingerprint density at radius 3 is 2.27 bits per heavy atom. The number of aryl methyl sites for hydroxylation is 1.